The third kappa shape index (κ3) is 2.21. The number of hydrogen-bond donors (Lipinski definition) is 0. The molecule has 2 rings (SSSR count). The summed E-state index contributed by atoms with van der Waals surface area (Å²) < 4.78 is 9.51. The highest BCUT2D eigenvalue weighted by molar-refractivity contribution is 5.93. The van der Waals surface area contributed by atoms with Gasteiger partial charge in [-0.1, -0.05) is 0 Å². The van der Waals surface area contributed by atoms with Gasteiger partial charge in [-0.05, 0) is 12.5 Å². The van der Waals surface area contributed by atoms with Crippen molar-refractivity contribution in [2.24, 2.45) is 0 Å². The molecule has 0 aromatic carbocycles. The van der Waals surface area contributed by atoms with Crippen LogP contribution in [0.15, 0.2) is 12.2 Å². The molecule has 6 heteroatoms. The van der Waals surface area contributed by atoms with Gasteiger partial charge in [0.05, 0.1) is 6.54 Å². The fraction of sp³-hybridized carbons (Fsp3) is 0.500. The van der Waals surface area contributed by atoms with E-state index in [-0.39, 0.29) is 25.0 Å². The molecule has 2 heterocycles. The van der Waals surface area contributed by atoms with E-state index in [1.165, 1.54) is 6.08 Å². The molecule has 0 aromatic heterocycles. The minimum absolute atomic E-state index is 0.164. The molecule has 6 nitrogen and oxygen atoms in total. The van der Waals surface area contributed by atoms with Gasteiger partial charge in [0, 0.05) is 12.5 Å². The first-order valence-corrected chi connectivity index (χ1v) is 5.03. The number of imide groups is 1. The molecule has 0 spiro atoms. The lowest BCUT2D eigenvalue weighted by Gasteiger charge is -2.12. The topological polar surface area (TPSA) is 72.9 Å². The number of rotatable bonds is 3. The monoisotopic (exact) mass is 225 g/mol. The molecule has 16 heavy (non-hydrogen) atoms. The Bertz CT molecular complexity index is 362. The largest absolute Gasteiger partial charge is 0.455 e. The van der Waals surface area contributed by atoms with Gasteiger partial charge in [-0.2, -0.15) is 0 Å². The van der Waals surface area contributed by atoms with Crippen LogP contribution >= 0.6 is 0 Å². The first-order valence-electron chi connectivity index (χ1n) is 5.03. The third-order valence-electron chi connectivity index (χ3n) is 2.42. The molecule has 2 amide bonds. The lowest BCUT2D eigenvalue weighted by atomic mass is 10.2. The lowest BCUT2D eigenvalue weighted by Crippen LogP contribution is -2.32. The predicted octanol–water partition coefficient (Wildman–Crippen LogP) is 0.227. The van der Waals surface area contributed by atoms with Crippen molar-refractivity contribution in [3.63, 3.8) is 0 Å². The number of amides is 2. The van der Waals surface area contributed by atoms with E-state index >= 15 is 0 Å². The highest BCUT2D eigenvalue weighted by atomic mass is 16.6. The van der Waals surface area contributed by atoms with Crippen molar-refractivity contribution in [1.82, 2.24) is 4.90 Å². The highest BCUT2D eigenvalue weighted by Crippen LogP contribution is 2.13. The van der Waals surface area contributed by atoms with Crippen LogP contribution in [0.4, 0.5) is 4.79 Å². The molecule has 0 aromatic rings. The van der Waals surface area contributed by atoms with Gasteiger partial charge in [-0.15, -0.1) is 0 Å². The van der Waals surface area contributed by atoms with E-state index in [0.717, 1.165) is 4.90 Å². The van der Waals surface area contributed by atoms with Crippen LogP contribution in [0.3, 0.4) is 0 Å². The Balaban J connectivity index is 1.78. The van der Waals surface area contributed by atoms with Crippen molar-refractivity contribution in [2.45, 2.75) is 18.9 Å². The number of nitrogens with zero attached hydrogens (tertiary/aromatic N) is 1. The van der Waals surface area contributed by atoms with E-state index in [1.54, 1.807) is 6.08 Å². The van der Waals surface area contributed by atoms with Crippen LogP contribution in [0.1, 0.15) is 12.8 Å². The average Bonchev–Trinajstić information content (AvgIpc) is 2.84. The molecular weight excluding hydrogens is 214 g/mol. The number of carbonyl (C=O) groups is 3. The predicted molar refractivity (Wildman–Crippen MR) is 51.3 cm³/mol. The maximum atomic E-state index is 11.6. The molecule has 2 aliphatic heterocycles. The molecule has 1 atom stereocenters. The van der Waals surface area contributed by atoms with Crippen molar-refractivity contribution < 1.29 is 23.9 Å². The van der Waals surface area contributed by atoms with Gasteiger partial charge in [0.2, 0.25) is 5.91 Å². The van der Waals surface area contributed by atoms with Gasteiger partial charge >= 0.3 is 12.1 Å². The zero-order valence-electron chi connectivity index (χ0n) is 8.55. The Labute approximate surface area is 91.8 Å². The summed E-state index contributed by atoms with van der Waals surface area (Å²) in [6.45, 7) is 0.556. The second-order valence-corrected chi connectivity index (χ2v) is 3.53. The summed E-state index contributed by atoms with van der Waals surface area (Å²) in [5, 5.41) is 0. The number of cyclic esters (lactones) is 2. The van der Waals surface area contributed by atoms with Gasteiger partial charge < -0.3 is 9.47 Å². The van der Waals surface area contributed by atoms with Crippen LogP contribution in [0, 0.1) is 0 Å². The summed E-state index contributed by atoms with van der Waals surface area (Å²) in [5.41, 5.74) is 0. The first kappa shape index (κ1) is 10.7. The smallest absolute Gasteiger partial charge is 0.416 e. The molecule has 0 saturated carbocycles. The molecule has 0 N–H and O–H groups in total. The van der Waals surface area contributed by atoms with Crippen molar-refractivity contribution in [3.8, 4) is 0 Å². The summed E-state index contributed by atoms with van der Waals surface area (Å²) >= 11 is 0. The summed E-state index contributed by atoms with van der Waals surface area (Å²) in [7, 11) is 0. The Kier molecular flexibility index (Phi) is 2.89. The van der Waals surface area contributed by atoms with E-state index in [0.29, 0.717) is 13.0 Å². The minimum Gasteiger partial charge on any atom is -0.455 e. The summed E-state index contributed by atoms with van der Waals surface area (Å²) in [6.07, 6.45) is 2.55. The number of hydrogen-bond acceptors (Lipinski definition) is 5. The van der Waals surface area contributed by atoms with Crippen LogP contribution in [0.2, 0.25) is 0 Å². The zero-order chi connectivity index (χ0) is 11.5. The summed E-state index contributed by atoms with van der Waals surface area (Å²) in [6, 6.07) is 0. The molecule has 0 aliphatic carbocycles. The van der Waals surface area contributed by atoms with Gasteiger partial charge in [0.15, 0.2) is 0 Å². The second kappa shape index (κ2) is 4.34. The fourth-order valence-corrected chi connectivity index (χ4v) is 1.59. The molecule has 2 aliphatic rings. The maximum Gasteiger partial charge on any atom is 0.416 e. The Morgan fingerprint density at radius 1 is 1.50 bits per heavy atom. The van der Waals surface area contributed by atoms with Crippen molar-refractivity contribution in [2.75, 3.05) is 13.2 Å². The third-order valence-corrected chi connectivity index (χ3v) is 2.42. The maximum absolute atomic E-state index is 11.6. The summed E-state index contributed by atoms with van der Waals surface area (Å²) in [4.78, 5) is 34.4. The summed E-state index contributed by atoms with van der Waals surface area (Å²) in [5.74, 6) is -0.683. The number of esters is 1. The SMILES string of the molecule is O=C1C=C[C@H](CCC(=O)N2CCOC2=O)O1. The lowest BCUT2D eigenvalue weighted by molar-refractivity contribution is -0.140. The van der Waals surface area contributed by atoms with Crippen LogP contribution in [-0.4, -0.2) is 42.1 Å². The van der Waals surface area contributed by atoms with Crippen LogP contribution < -0.4 is 0 Å². The van der Waals surface area contributed by atoms with Gasteiger partial charge in [0.25, 0.3) is 0 Å². The quantitative estimate of drug-likeness (QED) is 0.643. The van der Waals surface area contributed by atoms with E-state index in [4.69, 9.17) is 4.74 Å². The van der Waals surface area contributed by atoms with E-state index in [1.807, 2.05) is 0 Å². The van der Waals surface area contributed by atoms with Crippen molar-refractivity contribution >= 4 is 18.0 Å². The van der Waals surface area contributed by atoms with Crippen LogP contribution in [0.25, 0.3) is 0 Å². The fourth-order valence-electron chi connectivity index (χ4n) is 1.59. The van der Waals surface area contributed by atoms with Crippen LogP contribution in [0.5, 0.6) is 0 Å². The molecule has 0 unspecified atom stereocenters. The normalized spacial score (nSPS) is 23.5. The number of carbonyl (C=O) groups excluding carboxylic acids is 3. The van der Waals surface area contributed by atoms with E-state index < -0.39 is 12.1 Å². The first-order chi connectivity index (χ1) is 7.66. The van der Waals surface area contributed by atoms with Gasteiger partial charge in [-0.25, -0.2) is 14.5 Å². The average molecular weight is 225 g/mol. The van der Waals surface area contributed by atoms with E-state index in [2.05, 4.69) is 4.74 Å². The second-order valence-electron chi connectivity index (χ2n) is 3.53. The van der Waals surface area contributed by atoms with Crippen molar-refractivity contribution in [1.29, 1.82) is 0 Å². The number of ether oxygens (including phenoxy) is 2. The molecule has 1 fully saturated rings. The Morgan fingerprint density at radius 3 is 2.88 bits per heavy atom. The van der Waals surface area contributed by atoms with Gasteiger partial charge in [-0.3, -0.25) is 4.79 Å². The highest BCUT2D eigenvalue weighted by Gasteiger charge is 2.28. The Hall–Kier alpha value is -1.85. The van der Waals surface area contributed by atoms with Crippen molar-refractivity contribution in [3.05, 3.63) is 12.2 Å². The van der Waals surface area contributed by atoms with E-state index in [9.17, 15) is 14.4 Å². The molecule has 0 bridgehead atoms. The molecule has 0 radical (unpaired) electrons. The minimum atomic E-state index is -0.594. The van der Waals surface area contributed by atoms with Crippen LogP contribution in [-0.2, 0) is 19.1 Å². The standard InChI is InChI=1S/C10H11NO5/c12-8(11-5-6-15-10(11)14)3-1-7-2-4-9(13)16-7/h2,4,7H,1,3,5-6H2/t7-/m0/s1. The Morgan fingerprint density at radius 2 is 2.31 bits per heavy atom. The molecule has 1 saturated heterocycles. The molecule has 86 valence electrons. The zero-order valence-corrected chi connectivity index (χ0v) is 8.55. The molecular formula is C10H11NO5. The van der Waals surface area contributed by atoms with Gasteiger partial charge in [0.1, 0.15) is 12.7 Å².